The van der Waals surface area contributed by atoms with Gasteiger partial charge in [0.05, 0.1) is 0 Å². The second kappa shape index (κ2) is 8.30. The van der Waals surface area contributed by atoms with Crippen LogP contribution in [0, 0.1) is 16.7 Å². The third-order valence-corrected chi connectivity index (χ3v) is 8.59. The summed E-state index contributed by atoms with van der Waals surface area (Å²) in [4.78, 5) is 13.6. The lowest BCUT2D eigenvalue weighted by Gasteiger charge is -2.58. The molecule has 1 aromatic rings. The molecule has 3 heteroatoms. The number of hydrogen-bond acceptors (Lipinski definition) is 2. The number of rotatable bonds is 5. The summed E-state index contributed by atoms with van der Waals surface area (Å²) in [5.74, 6) is 0.937. The molecule has 3 N–H and O–H groups in total. The maximum absolute atomic E-state index is 13.6. The van der Waals surface area contributed by atoms with Gasteiger partial charge < -0.3 is 11.1 Å². The van der Waals surface area contributed by atoms with Gasteiger partial charge in [0.1, 0.15) is 0 Å². The van der Waals surface area contributed by atoms with E-state index in [-0.39, 0.29) is 10.8 Å². The molecule has 3 aliphatic rings. The average Bonchev–Trinajstić information content (AvgIpc) is 2.69. The van der Waals surface area contributed by atoms with Crippen molar-refractivity contribution in [2.45, 2.75) is 109 Å². The Balaban J connectivity index is 1.59. The molecule has 0 saturated heterocycles. The van der Waals surface area contributed by atoms with E-state index in [0.717, 1.165) is 38.5 Å². The zero-order chi connectivity index (χ0) is 21.4. The van der Waals surface area contributed by atoms with Gasteiger partial charge >= 0.3 is 0 Å². The Bertz CT molecular complexity index is 740. The van der Waals surface area contributed by atoms with Crippen molar-refractivity contribution in [3.05, 3.63) is 35.9 Å². The molecule has 30 heavy (non-hydrogen) atoms. The van der Waals surface area contributed by atoms with E-state index in [1.807, 2.05) is 0 Å². The van der Waals surface area contributed by atoms with Crippen molar-refractivity contribution in [3.63, 3.8) is 0 Å². The molecule has 0 aliphatic heterocycles. The van der Waals surface area contributed by atoms with E-state index in [1.165, 1.54) is 37.7 Å². The number of carbonyl (C=O) groups excluding carboxylic acids is 1. The van der Waals surface area contributed by atoms with Crippen LogP contribution in [0.5, 0.6) is 0 Å². The van der Waals surface area contributed by atoms with Crippen molar-refractivity contribution in [1.82, 2.24) is 5.32 Å². The fraction of sp³-hybridized carbons (Fsp3) is 0.741. The second-order valence-corrected chi connectivity index (χ2v) is 11.7. The molecule has 166 valence electrons. The first-order valence-electron chi connectivity index (χ1n) is 12.4. The smallest absolute Gasteiger partial charge is 0.226 e. The Labute approximate surface area is 183 Å². The summed E-state index contributed by atoms with van der Waals surface area (Å²) in [6, 6.07) is 11.8. The van der Waals surface area contributed by atoms with Crippen molar-refractivity contribution in [1.29, 1.82) is 0 Å². The average molecular weight is 411 g/mol. The maximum atomic E-state index is 13.6. The molecular formula is C27H42N2O. The molecule has 2 bridgehead atoms. The lowest BCUT2D eigenvalue weighted by atomic mass is 9.46. The lowest BCUT2D eigenvalue weighted by Crippen LogP contribution is -2.55. The zero-order valence-electron chi connectivity index (χ0n) is 19.4. The van der Waals surface area contributed by atoms with Crippen molar-refractivity contribution in [2.75, 3.05) is 0 Å². The van der Waals surface area contributed by atoms with Gasteiger partial charge in [0.2, 0.25) is 5.91 Å². The normalized spacial score (nSPS) is 41.3. The second-order valence-electron chi connectivity index (χ2n) is 11.7. The molecule has 1 amide bonds. The highest BCUT2D eigenvalue weighted by Gasteiger charge is 2.56. The van der Waals surface area contributed by atoms with Gasteiger partial charge in [0.15, 0.2) is 0 Å². The first-order chi connectivity index (χ1) is 14.3. The molecule has 3 saturated carbocycles. The van der Waals surface area contributed by atoms with Crippen LogP contribution in [-0.2, 0) is 10.2 Å². The number of benzene rings is 1. The lowest BCUT2D eigenvalue weighted by molar-refractivity contribution is -0.139. The molecule has 3 unspecified atom stereocenters. The number of nitrogens with two attached hydrogens (primary N) is 1. The van der Waals surface area contributed by atoms with Gasteiger partial charge in [-0.05, 0) is 86.5 Å². The number of carbonyl (C=O) groups is 1. The van der Waals surface area contributed by atoms with Gasteiger partial charge in [-0.25, -0.2) is 0 Å². The van der Waals surface area contributed by atoms with Gasteiger partial charge in [-0.2, -0.15) is 0 Å². The van der Waals surface area contributed by atoms with Crippen molar-refractivity contribution < 1.29 is 4.79 Å². The molecule has 3 fully saturated rings. The molecule has 4 rings (SSSR count). The van der Waals surface area contributed by atoms with Crippen molar-refractivity contribution in [3.8, 4) is 0 Å². The summed E-state index contributed by atoms with van der Waals surface area (Å²) in [6.45, 7) is 7.08. The number of fused-ring (bicyclic) bond motifs is 2. The third kappa shape index (κ3) is 4.33. The molecule has 3 aliphatic carbocycles. The minimum Gasteiger partial charge on any atom is -0.353 e. The Morgan fingerprint density at radius 3 is 2.40 bits per heavy atom. The largest absolute Gasteiger partial charge is 0.353 e. The Morgan fingerprint density at radius 1 is 1.03 bits per heavy atom. The molecular weight excluding hydrogens is 368 g/mol. The predicted molar refractivity (Wildman–Crippen MR) is 124 cm³/mol. The zero-order valence-corrected chi connectivity index (χ0v) is 19.4. The molecule has 0 heterocycles. The van der Waals surface area contributed by atoms with E-state index in [4.69, 9.17) is 5.73 Å². The molecule has 0 spiro atoms. The molecule has 3 nitrogen and oxygen atoms in total. The van der Waals surface area contributed by atoms with Gasteiger partial charge in [0, 0.05) is 17.5 Å². The first-order valence-corrected chi connectivity index (χ1v) is 12.4. The van der Waals surface area contributed by atoms with Crippen LogP contribution in [0.25, 0.3) is 0 Å². The van der Waals surface area contributed by atoms with Crippen LogP contribution in [-0.4, -0.2) is 18.0 Å². The summed E-state index contributed by atoms with van der Waals surface area (Å²) in [7, 11) is 0. The van der Waals surface area contributed by atoms with Gasteiger partial charge in [-0.15, -0.1) is 0 Å². The van der Waals surface area contributed by atoms with Crippen molar-refractivity contribution >= 4 is 5.91 Å². The highest BCUT2D eigenvalue weighted by Crippen LogP contribution is 2.62. The quantitative estimate of drug-likeness (QED) is 0.652. The van der Waals surface area contributed by atoms with E-state index in [9.17, 15) is 4.79 Å². The molecule has 0 radical (unpaired) electrons. The highest BCUT2D eigenvalue weighted by molar-refractivity contribution is 5.83. The highest BCUT2D eigenvalue weighted by atomic mass is 16.2. The van der Waals surface area contributed by atoms with Crippen LogP contribution in [0.1, 0.15) is 97.0 Å². The summed E-state index contributed by atoms with van der Waals surface area (Å²) in [6.07, 6.45) is 12.4. The van der Waals surface area contributed by atoms with E-state index in [0.29, 0.717) is 29.3 Å². The maximum Gasteiger partial charge on any atom is 0.226 e. The minimum absolute atomic E-state index is 0.132. The fourth-order valence-electron chi connectivity index (χ4n) is 7.72. The SMILES string of the molecule is CCC[C@@]1(C)CC2CC(C)(C(=O)NC3CCC(N)CC3)CC(c3ccccc3)(C2)C1. The van der Waals surface area contributed by atoms with Gasteiger partial charge in [-0.1, -0.05) is 57.5 Å². The van der Waals surface area contributed by atoms with E-state index >= 15 is 0 Å². The van der Waals surface area contributed by atoms with Crippen LogP contribution < -0.4 is 11.1 Å². The standard InChI is InChI=1S/C27H42N2O/c1-4-14-25(2)15-20-16-26(3,24(30)29-23-12-10-22(28)11-13-23)19-27(17-20,18-25)21-8-6-5-7-9-21/h5-9,20,22-23H,4,10-19,28H2,1-3H3,(H,29,30)/t20?,22?,23?,25-,26?,27?/m0/s1. The molecule has 4 atom stereocenters. The van der Waals surface area contributed by atoms with E-state index in [1.54, 1.807) is 0 Å². The van der Waals surface area contributed by atoms with Crippen LogP contribution in [0.2, 0.25) is 0 Å². The predicted octanol–water partition coefficient (Wildman–Crippen LogP) is 5.72. The summed E-state index contributed by atoms with van der Waals surface area (Å²) in [5.41, 5.74) is 7.79. The Morgan fingerprint density at radius 2 is 1.73 bits per heavy atom. The summed E-state index contributed by atoms with van der Waals surface area (Å²) in [5, 5.41) is 3.46. The van der Waals surface area contributed by atoms with Crippen molar-refractivity contribution in [2.24, 2.45) is 22.5 Å². The van der Waals surface area contributed by atoms with Gasteiger partial charge in [0.25, 0.3) is 0 Å². The van der Waals surface area contributed by atoms with E-state index in [2.05, 4.69) is 56.4 Å². The Kier molecular flexibility index (Phi) is 6.05. The Hall–Kier alpha value is -1.35. The fourth-order valence-corrected chi connectivity index (χ4v) is 7.72. The third-order valence-electron chi connectivity index (χ3n) is 8.59. The van der Waals surface area contributed by atoms with Crippen LogP contribution in [0.4, 0.5) is 0 Å². The van der Waals surface area contributed by atoms with Gasteiger partial charge in [-0.3, -0.25) is 4.79 Å². The summed E-state index contributed by atoms with van der Waals surface area (Å²) < 4.78 is 0. The van der Waals surface area contributed by atoms with E-state index < -0.39 is 0 Å². The number of amides is 1. The monoisotopic (exact) mass is 410 g/mol. The minimum atomic E-state index is -0.272. The topological polar surface area (TPSA) is 55.1 Å². The number of hydrogen-bond donors (Lipinski definition) is 2. The van der Waals surface area contributed by atoms with Crippen LogP contribution in [0.3, 0.4) is 0 Å². The first kappa shape index (κ1) is 21.9. The molecule has 0 aromatic heterocycles. The number of nitrogens with one attached hydrogen (secondary N) is 1. The van der Waals surface area contributed by atoms with Crippen LogP contribution in [0.15, 0.2) is 30.3 Å². The summed E-state index contributed by atoms with van der Waals surface area (Å²) >= 11 is 0. The molecule has 1 aromatic carbocycles. The van der Waals surface area contributed by atoms with Crippen LogP contribution >= 0.6 is 0 Å².